The van der Waals surface area contributed by atoms with Crippen molar-refractivity contribution in [2.24, 2.45) is 0 Å². The molecule has 0 aliphatic rings. The average molecular weight is 322 g/mol. The lowest BCUT2D eigenvalue weighted by molar-refractivity contribution is 0.0238. The van der Waals surface area contributed by atoms with Crippen LogP contribution in [-0.2, 0) is 0 Å². The first-order valence-corrected chi connectivity index (χ1v) is 7.86. The van der Waals surface area contributed by atoms with E-state index in [0.717, 1.165) is 26.2 Å². The highest BCUT2D eigenvalue weighted by molar-refractivity contribution is 4.69. The molecule has 0 saturated carbocycles. The molecule has 0 fully saturated rings. The summed E-state index contributed by atoms with van der Waals surface area (Å²) in [5.74, 6) is 0. The molecule has 0 aromatic rings. The summed E-state index contributed by atoms with van der Waals surface area (Å²) < 4.78 is 0. The molecule has 0 aromatic heterocycles. The standard InChI is InChI=1S/C14H34N4O4/c1-17(2)7-5-15-3-4-16-6-8-18(9-13(21)11-19)10-14(22)12-20/h13-16,19-22H,3-12H2,1-2H3. The van der Waals surface area contributed by atoms with Gasteiger partial charge in [0, 0.05) is 52.4 Å². The molecule has 8 heteroatoms. The van der Waals surface area contributed by atoms with E-state index in [9.17, 15) is 10.2 Å². The first-order valence-electron chi connectivity index (χ1n) is 7.86. The Morgan fingerprint density at radius 3 is 1.64 bits per heavy atom. The first kappa shape index (κ1) is 21.7. The molecule has 0 radical (unpaired) electrons. The molecule has 8 nitrogen and oxygen atoms in total. The van der Waals surface area contributed by atoms with E-state index in [1.54, 1.807) is 0 Å². The third kappa shape index (κ3) is 13.4. The molecule has 0 heterocycles. The van der Waals surface area contributed by atoms with Crippen molar-refractivity contribution in [3.63, 3.8) is 0 Å². The van der Waals surface area contributed by atoms with E-state index in [4.69, 9.17) is 10.2 Å². The van der Waals surface area contributed by atoms with Gasteiger partial charge in [0.1, 0.15) is 0 Å². The van der Waals surface area contributed by atoms with Crippen molar-refractivity contribution in [1.29, 1.82) is 0 Å². The van der Waals surface area contributed by atoms with Crippen molar-refractivity contribution in [1.82, 2.24) is 20.4 Å². The number of aliphatic hydroxyl groups excluding tert-OH is 4. The zero-order chi connectivity index (χ0) is 16.8. The molecule has 0 amide bonds. The van der Waals surface area contributed by atoms with Crippen LogP contribution in [0.5, 0.6) is 0 Å². The third-order valence-corrected chi connectivity index (χ3v) is 3.18. The molecule has 0 aliphatic carbocycles. The molecule has 0 bridgehead atoms. The molecule has 6 N–H and O–H groups in total. The van der Waals surface area contributed by atoms with Crippen LogP contribution in [0, 0.1) is 0 Å². The van der Waals surface area contributed by atoms with Gasteiger partial charge in [-0.3, -0.25) is 4.90 Å². The van der Waals surface area contributed by atoms with E-state index in [-0.39, 0.29) is 26.3 Å². The quantitative estimate of drug-likeness (QED) is 0.174. The zero-order valence-electron chi connectivity index (χ0n) is 13.9. The van der Waals surface area contributed by atoms with Crippen LogP contribution in [0.1, 0.15) is 0 Å². The highest BCUT2D eigenvalue weighted by Gasteiger charge is 2.14. The van der Waals surface area contributed by atoms with Gasteiger partial charge in [0.15, 0.2) is 0 Å². The second kappa shape index (κ2) is 14.3. The fourth-order valence-corrected chi connectivity index (χ4v) is 1.94. The van der Waals surface area contributed by atoms with E-state index >= 15 is 0 Å². The Labute approximate surface area is 133 Å². The van der Waals surface area contributed by atoms with Crippen molar-refractivity contribution in [2.45, 2.75) is 12.2 Å². The van der Waals surface area contributed by atoms with Crippen molar-refractivity contribution < 1.29 is 20.4 Å². The topological polar surface area (TPSA) is 111 Å². The lowest BCUT2D eigenvalue weighted by atomic mass is 10.3. The highest BCUT2D eigenvalue weighted by Crippen LogP contribution is 1.95. The number of hydrogen-bond acceptors (Lipinski definition) is 8. The molecular formula is C14H34N4O4. The largest absolute Gasteiger partial charge is 0.394 e. The number of nitrogens with one attached hydrogen (secondary N) is 2. The Kier molecular flexibility index (Phi) is 14.1. The van der Waals surface area contributed by atoms with Gasteiger partial charge in [0.25, 0.3) is 0 Å². The van der Waals surface area contributed by atoms with E-state index in [2.05, 4.69) is 15.5 Å². The summed E-state index contributed by atoms with van der Waals surface area (Å²) in [7, 11) is 4.08. The lowest BCUT2D eigenvalue weighted by Crippen LogP contribution is -2.44. The molecule has 2 unspecified atom stereocenters. The minimum Gasteiger partial charge on any atom is -0.394 e. The number of rotatable bonds is 15. The number of aliphatic hydroxyl groups is 4. The fraction of sp³-hybridized carbons (Fsp3) is 1.00. The van der Waals surface area contributed by atoms with E-state index in [1.165, 1.54) is 0 Å². The minimum atomic E-state index is -0.835. The van der Waals surface area contributed by atoms with Gasteiger partial charge in [0.2, 0.25) is 0 Å². The Bertz CT molecular complexity index is 235. The lowest BCUT2D eigenvalue weighted by Gasteiger charge is -2.26. The minimum absolute atomic E-state index is 0.274. The maximum atomic E-state index is 9.49. The predicted molar refractivity (Wildman–Crippen MR) is 86.9 cm³/mol. The third-order valence-electron chi connectivity index (χ3n) is 3.18. The summed E-state index contributed by atoms with van der Waals surface area (Å²) in [6.45, 7) is 4.95. The summed E-state index contributed by atoms with van der Waals surface area (Å²) in [6.07, 6.45) is -1.67. The van der Waals surface area contributed by atoms with Crippen molar-refractivity contribution in [3.8, 4) is 0 Å². The van der Waals surface area contributed by atoms with Gasteiger partial charge in [-0.2, -0.15) is 0 Å². The monoisotopic (exact) mass is 322 g/mol. The van der Waals surface area contributed by atoms with Crippen LogP contribution in [0.15, 0.2) is 0 Å². The van der Waals surface area contributed by atoms with E-state index in [0.29, 0.717) is 13.1 Å². The number of nitrogens with zero attached hydrogens (tertiary/aromatic N) is 2. The van der Waals surface area contributed by atoms with Crippen molar-refractivity contribution in [2.75, 3.05) is 79.7 Å². The zero-order valence-corrected chi connectivity index (χ0v) is 13.9. The smallest absolute Gasteiger partial charge is 0.0897 e. The maximum Gasteiger partial charge on any atom is 0.0897 e. The van der Waals surface area contributed by atoms with Crippen molar-refractivity contribution >= 4 is 0 Å². The number of likely N-dealkylation sites (N-methyl/N-ethyl adjacent to an activating group) is 1. The normalized spacial score (nSPS) is 14.7. The maximum absolute atomic E-state index is 9.49. The van der Waals surface area contributed by atoms with Crippen LogP contribution in [0.2, 0.25) is 0 Å². The Balaban J connectivity index is 3.74. The Hall–Kier alpha value is -0.320. The Morgan fingerprint density at radius 2 is 1.23 bits per heavy atom. The number of hydrogen-bond donors (Lipinski definition) is 6. The highest BCUT2D eigenvalue weighted by atomic mass is 16.3. The van der Waals surface area contributed by atoms with E-state index < -0.39 is 12.2 Å². The molecule has 0 aromatic carbocycles. The summed E-state index contributed by atoms with van der Waals surface area (Å²) in [5.41, 5.74) is 0. The van der Waals surface area contributed by atoms with Gasteiger partial charge < -0.3 is 36.0 Å². The van der Waals surface area contributed by atoms with Gasteiger partial charge in [-0.25, -0.2) is 0 Å². The predicted octanol–water partition coefficient (Wildman–Crippen LogP) is -3.26. The van der Waals surface area contributed by atoms with Gasteiger partial charge in [-0.1, -0.05) is 0 Å². The van der Waals surface area contributed by atoms with Crippen LogP contribution >= 0.6 is 0 Å². The summed E-state index contributed by atoms with van der Waals surface area (Å²) in [6, 6.07) is 0. The first-order chi connectivity index (χ1) is 10.5. The molecule has 2 atom stereocenters. The molecule has 0 aliphatic heterocycles. The molecule has 0 rings (SSSR count). The molecular weight excluding hydrogens is 288 g/mol. The van der Waals surface area contributed by atoms with Gasteiger partial charge in [-0.05, 0) is 14.1 Å². The SMILES string of the molecule is CN(C)CCNCCNCCN(CC(O)CO)CC(O)CO. The summed E-state index contributed by atoms with van der Waals surface area (Å²) in [5, 5.41) is 43.4. The average Bonchev–Trinajstić information content (AvgIpc) is 2.48. The molecule has 134 valence electrons. The molecule has 22 heavy (non-hydrogen) atoms. The fourth-order valence-electron chi connectivity index (χ4n) is 1.94. The van der Waals surface area contributed by atoms with Crippen LogP contribution in [0.25, 0.3) is 0 Å². The van der Waals surface area contributed by atoms with E-state index in [1.807, 2.05) is 19.0 Å². The summed E-state index contributed by atoms with van der Waals surface area (Å²) >= 11 is 0. The Morgan fingerprint density at radius 1 is 0.773 bits per heavy atom. The van der Waals surface area contributed by atoms with Gasteiger partial charge in [0.05, 0.1) is 25.4 Å². The van der Waals surface area contributed by atoms with Crippen LogP contribution in [-0.4, -0.2) is 122 Å². The van der Waals surface area contributed by atoms with Crippen LogP contribution < -0.4 is 10.6 Å². The van der Waals surface area contributed by atoms with Crippen LogP contribution in [0.3, 0.4) is 0 Å². The van der Waals surface area contributed by atoms with Crippen LogP contribution in [0.4, 0.5) is 0 Å². The van der Waals surface area contributed by atoms with Gasteiger partial charge in [-0.15, -0.1) is 0 Å². The molecule has 0 saturated heterocycles. The van der Waals surface area contributed by atoms with Crippen molar-refractivity contribution in [3.05, 3.63) is 0 Å². The summed E-state index contributed by atoms with van der Waals surface area (Å²) in [4.78, 5) is 3.95. The van der Waals surface area contributed by atoms with Gasteiger partial charge >= 0.3 is 0 Å². The second-order valence-electron chi connectivity index (χ2n) is 5.74. The molecule has 0 spiro atoms. The second-order valence-corrected chi connectivity index (χ2v) is 5.74.